The van der Waals surface area contributed by atoms with E-state index >= 15 is 0 Å². The lowest BCUT2D eigenvalue weighted by molar-refractivity contribution is -0.137. The van der Waals surface area contributed by atoms with Crippen LogP contribution in [0.5, 0.6) is 5.75 Å². The van der Waals surface area contributed by atoms with Crippen molar-refractivity contribution in [3.05, 3.63) is 59.2 Å². The molecular formula is C19H19F3N2O4S. The number of aromatic hydroxyl groups is 1. The van der Waals surface area contributed by atoms with Gasteiger partial charge in [0.05, 0.1) is 16.0 Å². The second-order valence-electron chi connectivity index (χ2n) is 6.74. The van der Waals surface area contributed by atoms with Gasteiger partial charge in [0.15, 0.2) is 0 Å². The van der Waals surface area contributed by atoms with Crippen LogP contribution in [0.2, 0.25) is 0 Å². The third-order valence-electron chi connectivity index (χ3n) is 4.71. The molecule has 29 heavy (non-hydrogen) atoms. The van der Waals surface area contributed by atoms with E-state index in [-0.39, 0.29) is 37.5 Å². The van der Waals surface area contributed by atoms with Crippen molar-refractivity contribution in [3.8, 4) is 5.75 Å². The van der Waals surface area contributed by atoms with E-state index in [2.05, 4.69) is 0 Å². The predicted octanol–water partition coefficient (Wildman–Crippen LogP) is 2.87. The molecule has 1 saturated heterocycles. The number of halogens is 3. The molecule has 1 aliphatic rings. The number of amides is 1. The highest BCUT2D eigenvalue weighted by atomic mass is 32.2. The summed E-state index contributed by atoms with van der Waals surface area (Å²) in [5.41, 5.74) is -0.126. The highest BCUT2D eigenvalue weighted by Gasteiger charge is 2.34. The smallest absolute Gasteiger partial charge is 0.416 e. The van der Waals surface area contributed by atoms with E-state index < -0.39 is 32.6 Å². The first kappa shape index (κ1) is 21.1. The van der Waals surface area contributed by atoms with Crippen LogP contribution < -0.4 is 0 Å². The predicted molar refractivity (Wildman–Crippen MR) is 99.0 cm³/mol. The molecule has 2 aromatic rings. The number of carbonyl (C=O) groups excluding carboxylic acids is 1. The molecule has 0 radical (unpaired) electrons. The zero-order valence-electron chi connectivity index (χ0n) is 15.5. The minimum absolute atomic E-state index is 0.0586. The van der Waals surface area contributed by atoms with E-state index in [0.717, 1.165) is 28.1 Å². The molecule has 6 nitrogen and oxygen atoms in total. The maximum atomic E-state index is 12.9. The summed E-state index contributed by atoms with van der Waals surface area (Å²) < 4.78 is 65.2. The van der Waals surface area contributed by atoms with Crippen molar-refractivity contribution in [2.75, 3.05) is 26.2 Å². The summed E-state index contributed by atoms with van der Waals surface area (Å²) in [5, 5.41) is 9.91. The number of carbonyl (C=O) groups is 1. The standard InChI is InChI=1S/C19H19F3N2O4S/c1-13-5-6-17(25)16(11-13)18(26)23-7-9-24(10-8-23)29(27,28)15-4-2-3-14(12-15)19(20,21)22/h2-6,11-12,25H,7-10H2,1H3. The quantitative estimate of drug-likeness (QED) is 0.816. The molecule has 1 heterocycles. The highest BCUT2D eigenvalue weighted by Crippen LogP contribution is 2.31. The van der Waals surface area contributed by atoms with Gasteiger partial charge in [-0.05, 0) is 37.3 Å². The van der Waals surface area contributed by atoms with E-state index in [9.17, 15) is 31.5 Å². The number of benzene rings is 2. The molecule has 2 aromatic carbocycles. The zero-order valence-corrected chi connectivity index (χ0v) is 16.3. The van der Waals surface area contributed by atoms with Crippen molar-refractivity contribution in [1.82, 2.24) is 9.21 Å². The Labute approximate surface area is 166 Å². The number of phenols is 1. The third kappa shape index (κ3) is 4.38. The van der Waals surface area contributed by atoms with Crippen molar-refractivity contribution < 1.29 is 31.5 Å². The van der Waals surface area contributed by atoms with Crippen LogP contribution in [0.25, 0.3) is 0 Å². The van der Waals surface area contributed by atoms with Crippen molar-refractivity contribution >= 4 is 15.9 Å². The SMILES string of the molecule is Cc1ccc(O)c(C(=O)N2CCN(S(=O)(=O)c3cccc(C(F)(F)F)c3)CC2)c1. The summed E-state index contributed by atoms with van der Waals surface area (Å²) in [5.74, 6) is -0.595. The van der Waals surface area contributed by atoms with Crippen molar-refractivity contribution in [2.24, 2.45) is 0 Å². The molecule has 1 fully saturated rings. The molecule has 0 aromatic heterocycles. The fourth-order valence-corrected chi connectivity index (χ4v) is 4.57. The largest absolute Gasteiger partial charge is 0.507 e. The molecule has 156 valence electrons. The molecule has 1 amide bonds. The van der Waals surface area contributed by atoms with Crippen molar-refractivity contribution in [2.45, 2.75) is 18.0 Å². The van der Waals surface area contributed by atoms with Gasteiger partial charge in [0.25, 0.3) is 5.91 Å². The van der Waals surface area contributed by atoms with Gasteiger partial charge in [-0.15, -0.1) is 0 Å². The Morgan fingerprint density at radius 2 is 1.69 bits per heavy atom. The average Bonchev–Trinajstić information content (AvgIpc) is 2.69. The number of rotatable bonds is 3. The van der Waals surface area contributed by atoms with Gasteiger partial charge in [-0.25, -0.2) is 8.42 Å². The highest BCUT2D eigenvalue weighted by molar-refractivity contribution is 7.89. The van der Waals surface area contributed by atoms with Crippen LogP contribution in [-0.4, -0.2) is 54.8 Å². The Balaban J connectivity index is 1.75. The summed E-state index contributed by atoms with van der Waals surface area (Å²) >= 11 is 0. The van der Waals surface area contributed by atoms with Gasteiger partial charge >= 0.3 is 6.18 Å². The number of phenolic OH excluding ortho intramolecular Hbond substituents is 1. The van der Waals surface area contributed by atoms with Gasteiger partial charge in [0.1, 0.15) is 5.75 Å². The van der Waals surface area contributed by atoms with Crippen LogP contribution in [0.3, 0.4) is 0 Å². The van der Waals surface area contributed by atoms with E-state index in [1.54, 1.807) is 19.1 Å². The van der Waals surface area contributed by atoms with E-state index in [1.165, 1.54) is 11.0 Å². The topological polar surface area (TPSA) is 77.9 Å². The number of sulfonamides is 1. The Hall–Kier alpha value is -2.59. The molecular weight excluding hydrogens is 409 g/mol. The normalized spacial score (nSPS) is 16.1. The molecule has 10 heteroatoms. The molecule has 0 atom stereocenters. The number of aryl methyl sites for hydroxylation is 1. The van der Waals surface area contributed by atoms with E-state index in [0.29, 0.717) is 6.07 Å². The third-order valence-corrected chi connectivity index (χ3v) is 6.60. The monoisotopic (exact) mass is 428 g/mol. The summed E-state index contributed by atoms with van der Waals surface area (Å²) in [6.45, 7) is 1.78. The van der Waals surface area contributed by atoms with Gasteiger partial charge in [-0.1, -0.05) is 17.7 Å². The lowest BCUT2D eigenvalue weighted by atomic mass is 10.1. The van der Waals surface area contributed by atoms with Gasteiger partial charge in [-0.2, -0.15) is 17.5 Å². The fraction of sp³-hybridized carbons (Fsp3) is 0.316. The maximum Gasteiger partial charge on any atom is 0.416 e. The number of hydrogen-bond acceptors (Lipinski definition) is 4. The lowest BCUT2D eigenvalue weighted by Gasteiger charge is -2.34. The first-order valence-corrected chi connectivity index (χ1v) is 10.2. The first-order chi connectivity index (χ1) is 13.5. The van der Waals surface area contributed by atoms with E-state index in [1.807, 2.05) is 0 Å². The second-order valence-corrected chi connectivity index (χ2v) is 8.68. The molecule has 3 rings (SSSR count). The minimum Gasteiger partial charge on any atom is -0.507 e. The molecule has 0 unspecified atom stereocenters. The Morgan fingerprint density at radius 1 is 1.03 bits per heavy atom. The number of piperazine rings is 1. The van der Waals surface area contributed by atoms with Gasteiger partial charge in [0.2, 0.25) is 10.0 Å². The summed E-state index contributed by atoms with van der Waals surface area (Å²) in [6.07, 6.45) is -4.65. The average molecular weight is 428 g/mol. The van der Waals surface area contributed by atoms with Crippen molar-refractivity contribution in [3.63, 3.8) is 0 Å². The van der Waals surface area contributed by atoms with Gasteiger partial charge in [0, 0.05) is 26.2 Å². The number of hydrogen-bond donors (Lipinski definition) is 1. The zero-order chi connectivity index (χ0) is 21.4. The van der Waals surface area contributed by atoms with Crippen LogP contribution in [-0.2, 0) is 16.2 Å². The van der Waals surface area contributed by atoms with Crippen LogP contribution in [0.4, 0.5) is 13.2 Å². The van der Waals surface area contributed by atoms with Crippen LogP contribution in [0.15, 0.2) is 47.4 Å². The Bertz CT molecular complexity index is 1030. The summed E-state index contributed by atoms with van der Waals surface area (Å²) in [6, 6.07) is 8.20. The molecule has 0 bridgehead atoms. The maximum absolute atomic E-state index is 12.9. The minimum atomic E-state index is -4.65. The molecule has 1 aliphatic heterocycles. The second kappa shape index (κ2) is 7.68. The van der Waals surface area contributed by atoms with E-state index in [4.69, 9.17) is 0 Å². The van der Waals surface area contributed by atoms with Crippen molar-refractivity contribution in [1.29, 1.82) is 0 Å². The Morgan fingerprint density at radius 3 is 2.31 bits per heavy atom. The van der Waals surface area contributed by atoms with Crippen LogP contribution in [0.1, 0.15) is 21.5 Å². The number of nitrogens with zero attached hydrogens (tertiary/aromatic N) is 2. The molecule has 0 spiro atoms. The molecule has 0 saturated carbocycles. The first-order valence-electron chi connectivity index (χ1n) is 8.76. The number of alkyl halides is 3. The van der Waals surface area contributed by atoms with Crippen LogP contribution >= 0.6 is 0 Å². The molecule has 1 N–H and O–H groups in total. The Kier molecular flexibility index (Phi) is 5.59. The molecule has 0 aliphatic carbocycles. The van der Waals surface area contributed by atoms with Gasteiger partial charge < -0.3 is 10.0 Å². The van der Waals surface area contributed by atoms with Crippen LogP contribution in [0, 0.1) is 6.92 Å². The summed E-state index contributed by atoms with van der Waals surface area (Å²) in [7, 11) is -4.13. The lowest BCUT2D eigenvalue weighted by Crippen LogP contribution is -2.50. The van der Waals surface area contributed by atoms with Gasteiger partial charge in [-0.3, -0.25) is 4.79 Å². The fourth-order valence-electron chi connectivity index (χ4n) is 3.11. The summed E-state index contributed by atoms with van der Waals surface area (Å²) in [4.78, 5) is 13.6.